The number of rotatable bonds is 3. The molecule has 4 aromatic rings. The number of H-pyrrole nitrogens is 1. The molecule has 2 aromatic heterocycles. The van der Waals surface area contributed by atoms with Crippen molar-refractivity contribution in [3.05, 3.63) is 61.3 Å². The Bertz CT molecular complexity index is 1270. The van der Waals surface area contributed by atoms with E-state index in [4.69, 9.17) is 4.74 Å². The summed E-state index contributed by atoms with van der Waals surface area (Å²) in [5, 5.41) is 3.48. The fraction of sp³-hybridized carbons (Fsp3) is 0.105. The van der Waals surface area contributed by atoms with Crippen molar-refractivity contribution in [1.82, 2.24) is 14.6 Å². The summed E-state index contributed by atoms with van der Waals surface area (Å²) in [5.74, 6) is 0.521. The molecule has 27 heavy (non-hydrogen) atoms. The first-order valence-corrected chi connectivity index (χ1v) is 9.58. The summed E-state index contributed by atoms with van der Waals surface area (Å²) in [4.78, 5) is 30.0. The Hall–Kier alpha value is -2.45. The third kappa shape index (κ3) is 2.89. The van der Waals surface area contributed by atoms with Crippen LogP contribution in [0.1, 0.15) is 17.3 Å². The van der Waals surface area contributed by atoms with Gasteiger partial charge in [0.2, 0.25) is 0 Å². The zero-order chi connectivity index (χ0) is 19.3. The van der Waals surface area contributed by atoms with Crippen molar-refractivity contribution in [3.8, 4) is 17.0 Å². The van der Waals surface area contributed by atoms with Crippen molar-refractivity contribution in [3.63, 3.8) is 0 Å². The lowest BCUT2D eigenvalue weighted by molar-refractivity contribution is 0.101. The van der Waals surface area contributed by atoms with E-state index in [1.54, 1.807) is 25.3 Å². The third-order valence-electron chi connectivity index (χ3n) is 4.32. The smallest absolute Gasteiger partial charge is 0.280 e. The standard InChI is InChI=1S/C19H13Br2N3O3/c1-9(25)15-16(10-3-5-12(27-2)6-4-10)23-24-18(15)22-17-13(19(24)26)7-11(20)8-14(17)21/h3-8,23H,1-2H3. The summed E-state index contributed by atoms with van der Waals surface area (Å²) in [5.41, 5.74) is 2.20. The van der Waals surface area contributed by atoms with Gasteiger partial charge in [0.1, 0.15) is 5.75 Å². The van der Waals surface area contributed by atoms with E-state index in [1.165, 1.54) is 11.4 Å². The molecule has 0 bridgehead atoms. The number of nitrogens with one attached hydrogen (secondary N) is 1. The molecule has 6 nitrogen and oxygen atoms in total. The molecule has 8 heteroatoms. The van der Waals surface area contributed by atoms with Crippen LogP contribution in [0, 0.1) is 0 Å². The number of nitrogens with zero attached hydrogens (tertiary/aromatic N) is 2. The highest BCUT2D eigenvalue weighted by Gasteiger charge is 2.21. The van der Waals surface area contributed by atoms with Crippen molar-refractivity contribution in [2.75, 3.05) is 7.11 Å². The van der Waals surface area contributed by atoms with Gasteiger partial charge in [0.25, 0.3) is 5.56 Å². The van der Waals surface area contributed by atoms with Crippen LogP contribution in [-0.2, 0) is 0 Å². The van der Waals surface area contributed by atoms with E-state index < -0.39 is 0 Å². The number of carbonyl (C=O) groups excluding carboxylic acids is 1. The lowest BCUT2D eigenvalue weighted by Crippen LogP contribution is -2.16. The Morgan fingerprint density at radius 1 is 1.19 bits per heavy atom. The number of carbonyl (C=O) groups is 1. The minimum absolute atomic E-state index is 0.181. The van der Waals surface area contributed by atoms with Crippen LogP contribution in [0.2, 0.25) is 0 Å². The van der Waals surface area contributed by atoms with Crippen molar-refractivity contribution in [2.24, 2.45) is 0 Å². The summed E-state index contributed by atoms with van der Waals surface area (Å²) in [7, 11) is 1.59. The second kappa shape index (κ2) is 6.61. The Labute approximate surface area is 170 Å². The molecule has 0 atom stereocenters. The molecule has 0 aliphatic rings. The number of halogens is 2. The summed E-state index contributed by atoms with van der Waals surface area (Å²) in [6.45, 7) is 1.46. The molecule has 0 amide bonds. The number of aromatic amines is 1. The number of fused-ring (bicyclic) bond motifs is 2. The molecule has 1 N–H and O–H groups in total. The maximum atomic E-state index is 13.0. The average Bonchev–Trinajstić information content (AvgIpc) is 3.03. The third-order valence-corrected chi connectivity index (χ3v) is 5.38. The molecule has 2 aromatic carbocycles. The van der Waals surface area contributed by atoms with E-state index in [9.17, 15) is 9.59 Å². The largest absolute Gasteiger partial charge is 0.497 e. The first-order valence-electron chi connectivity index (χ1n) is 7.99. The van der Waals surface area contributed by atoms with E-state index in [-0.39, 0.29) is 11.3 Å². The quantitative estimate of drug-likeness (QED) is 0.426. The second-order valence-corrected chi connectivity index (χ2v) is 7.78. The molecule has 0 unspecified atom stereocenters. The zero-order valence-corrected chi connectivity index (χ0v) is 17.5. The second-order valence-electron chi connectivity index (χ2n) is 6.01. The van der Waals surface area contributed by atoms with Crippen molar-refractivity contribution in [1.29, 1.82) is 0 Å². The highest BCUT2D eigenvalue weighted by Crippen LogP contribution is 2.30. The number of ether oxygens (including phenoxy) is 1. The lowest BCUT2D eigenvalue weighted by atomic mass is 10.1. The SMILES string of the molecule is COc1ccc(-c2[nH]n3c(=O)c4cc(Br)cc(Br)c4nc3c2C(C)=O)cc1. The van der Waals surface area contributed by atoms with E-state index >= 15 is 0 Å². The summed E-state index contributed by atoms with van der Waals surface area (Å²) >= 11 is 6.84. The van der Waals surface area contributed by atoms with Gasteiger partial charge in [-0.2, -0.15) is 4.52 Å². The highest BCUT2D eigenvalue weighted by atomic mass is 79.9. The highest BCUT2D eigenvalue weighted by molar-refractivity contribution is 9.11. The summed E-state index contributed by atoms with van der Waals surface area (Å²) in [6, 6.07) is 10.8. The Morgan fingerprint density at radius 3 is 2.52 bits per heavy atom. The number of hydrogen-bond donors (Lipinski definition) is 1. The summed E-state index contributed by atoms with van der Waals surface area (Å²) < 4.78 is 7.93. The van der Waals surface area contributed by atoms with Gasteiger partial charge in [-0.1, -0.05) is 15.9 Å². The van der Waals surface area contributed by atoms with Gasteiger partial charge >= 0.3 is 0 Å². The van der Waals surface area contributed by atoms with Gasteiger partial charge in [0.05, 0.1) is 29.3 Å². The molecule has 0 saturated carbocycles. The summed E-state index contributed by atoms with van der Waals surface area (Å²) in [6.07, 6.45) is 0. The van der Waals surface area contributed by atoms with Crippen LogP contribution in [0.5, 0.6) is 5.75 Å². The van der Waals surface area contributed by atoms with Gasteiger partial charge in [0, 0.05) is 14.5 Å². The van der Waals surface area contributed by atoms with Gasteiger partial charge in [-0.05, 0) is 59.3 Å². The number of hydrogen-bond acceptors (Lipinski definition) is 4. The number of aromatic nitrogens is 3. The van der Waals surface area contributed by atoms with Gasteiger partial charge in [-0.15, -0.1) is 0 Å². The normalized spacial score (nSPS) is 11.3. The van der Waals surface area contributed by atoms with Gasteiger partial charge in [0.15, 0.2) is 11.4 Å². The topological polar surface area (TPSA) is 76.5 Å². The molecular weight excluding hydrogens is 478 g/mol. The molecule has 136 valence electrons. The van der Waals surface area contributed by atoms with Crippen molar-refractivity contribution in [2.45, 2.75) is 6.92 Å². The van der Waals surface area contributed by atoms with E-state index in [0.29, 0.717) is 38.0 Å². The Balaban J connectivity index is 2.11. The van der Waals surface area contributed by atoms with Crippen LogP contribution in [0.15, 0.2) is 50.1 Å². The Morgan fingerprint density at radius 2 is 1.89 bits per heavy atom. The number of methoxy groups -OCH3 is 1. The molecule has 0 radical (unpaired) electrons. The average molecular weight is 491 g/mol. The lowest BCUT2D eigenvalue weighted by Gasteiger charge is -2.03. The van der Waals surface area contributed by atoms with Crippen LogP contribution in [0.4, 0.5) is 0 Å². The zero-order valence-electron chi connectivity index (χ0n) is 14.3. The molecule has 0 fully saturated rings. The molecule has 0 aliphatic carbocycles. The number of benzene rings is 2. The van der Waals surface area contributed by atoms with Crippen LogP contribution < -0.4 is 10.3 Å². The maximum absolute atomic E-state index is 13.0. The predicted octanol–water partition coefficient (Wildman–Crippen LogP) is 4.58. The molecular formula is C19H13Br2N3O3. The first kappa shape index (κ1) is 17.9. The molecule has 0 aliphatic heterocycles. The maximum Gasteiger partial charge on any atom is 0.280 e. The van der Waals surface area contributed by atoms with Crippen LogP contribution in [0.25, 0.3) is 27.8 Å². The molecule has 0 saturated heterocycles. The molecule has 2 heterocycles. The van der Waals surface area contributed by atoms with E-state index in [1.807, 2.05) is 18.2 Å². The van der Waals surface area contributed by atoms with Crippen LogP contribution in [-0.4, -0.2) is 27.5 Å². The van der Waals surface area contributed by atoms with Gasteiger partial charge < -0.3 is 4.74 Å². The van der Waals surface area contributed by atoms with Crippen LogP contribution >= 0.6 is 31.9 Å². The fourth-order valence-electron chi connectivity index (χ4n) is 3.07. The van der Waals surface area contributed by atoms with Crippen LogP contribution in [0.3, 0.4) is 0 Å². The monoisotopic (exact) mass is 489 g/mol. The minimum atomic E-state index is -0.278. The minimum Gasteiger partial charge on any atom is -0.497 e. The molecule has 4 rings (SSSR count). The fourth-order valence-corrected chi connectivity index (χ4v) is 4.38. The van der Waals surface area contributed by atoms with Gasteiger partial charge in [-0.25, -0.2) is 4.98 Å². The van der Waals surface area contributed by atoms with Crippen molar-refractivity contribution < 1.29 is 9.53 Å². The Kier molecular flexibility index (Phi) is 4.39. The van der Waals surface area contributed by atoms with Gasteiger partial charge in [-0.3, -0.25) is 14.7 Å². The van der Waals surface area contributed by atoms with E-state index in [2.05, 4.69) is 41.9 Å². The number of Topliss-reactive ketones (excluding diaryl/α,β-unsaturated/α-hetero) is 1. The van der Waals surface area contributed by atoms with Crippen molar-refractivity contribution >= 4 is 54.2 Å². The number of ketones is 1. The first-order chi connectivity index (χ1) is 12.9. The predicted molar refractivity (Wildman–Crippen MR) is 111 cm³/mol. The molecule has 0 spiro atoms. The van der Waals surface area contributed by atoms with E-state index in [0.717, 1.165) is 10.0 Å².